The highest BCUT2D eigenvalue weighted by Gasteiger charge is 2.16. The number of rotatable bonds is 1. The summed E-state index contributed by atoms with van der Waals surface area (Å²) in [4.78, 5) is 13.8. The van der Waals surface area contributed by atoms with E-state index in [1.807, 2.05) is 12.1 Å². The third kappa shape index (κ3) is 1.41. The summed E-state index contributed by atoms with van der Waals surface area (Å²) in [5.41, 5.74) is 1.06. The molecule has 64 valence electrons. The van der Waals surface area contributed by atoms with Crippen LogP contribution in [0.4, 0.5) is 0 Å². The zero-order valence-corrected chi connectivity index (χ0v) is 6.84. The van der Waals surface area contributed by atoms with Crippen LogP contribution in [0.2, 0.25) is 0 Å². The molecule has 12 heavy (non-hydrogen) atoms. The minimum absolute atomic E-state index is 0.000556. The Morgan fingerprint density at radius 2 is 2.33 bits per heavy atom. The number of aromatic amines is 1. The molecule has 1 aliphatic heterocycles. The highest BCUT2D eigenvalue weighted by molar-refractivity contribution is 5.11. The van der Waals surface area contributed by atoms with Crippen molar-refractivity contribution in [2.24, 2.45) is 0 Å². The van der Waals surface area contributed by atoms with Gasteiger partial charge in [-0.1, -0.05) is 6.07 Å². The van der Waals surface area contributed by atoms with Crippen LogP contribution in [-0.2, 0) is 0 Å². The smallest absolute Gasteiger partial charge is 0.248 e. The third-order valence-corrected chi connectivity index (χ3v) is 2.29. The Hall–Kier alpha value is -1.09. The summed E-state index contributed by atoms with van der Waals surface area (Å²) in [7, 11) is 0. The second-order valence-corrected chi connectivity index (χ2v) is 3.16. The zero-order chi connectivity index (χ0) is 8.39. The van der Waals surface area contributed by atoms with Crippen molar-refractivity contribution < 1.29 is 0 Å². The topological polar surface area (TPSA) is 44.9 Å². The van der Waals surface area contributed by atoms with Crippen molar-refractivity contribution in [2.75, 3.05) is 13.1 Å². The molecule has 1 fully saturated rings. The van der Waals surface area contributed by atoms with E-state index in [1.54, 1.807) is 6.07 Å². The lowest BCUT2D eigenvalue weighted by atomic mass is 10.0. The molecule has 3 nitrogen and oxygen atoms in total. The first-order valence-corrected chi connectivity index (χ1v) is 4.26. The summed E-state index contributed by atoms with van der Waals surface area (Å²) < 4.78 is 0. The molecule has 1 aliphatic rings. The van der Waals surface area contributed by atoms with E-state index in [1.165, 1.54) is 0 Å². The Kier molecular flexibility index (Phi) is 1.96. The molecule has 0 bridgehead atoms. The largest absolute Gasteiger partial charge is 0.326 e. The van der Waals surface area contributed by atoms with Gasteiger partial charge in [0.1, 0.15) is 0 Å². The van der Waals surface area contributed by atoms with Gasteiger partial charge >= 0.3 is 0 Å². The standard InChI is InChI=1S/C9H12N2O/c12-9-3-1-2-8(11-9)7-4-5-10-6-7/h1-3,7,10H,4-6H2,(H,11,12)/t7-/m1/s1. The van der Waals surface area contributed by atoms with Crippen molar-refractivity contribution in [1.82, 2.24) is 10.3 Å². The lowest BCUT2D eigenvalue weighted by Crippen LogP contribution is -2.12. The van der Waals surface area contributed by atoms with Gasteiger partial charge in [-0.25, -0.2) is 0 Å². The lowest BCUT2D eigenvalue weighted by Gasteiger charge is -2.06. The number of hydrogen-bond donors (Lipinski definition) is 2. The molecule has 3 heteroatoms. The van der Waals surface area contributed by atoms with E-state index in [2.05, 4.69) is 10.3 Å². The molecule has 0 radical (unpaired) electrons. The van der Waals surface area contributed by atoms with Crippen molar-refractivity contribution in [2.45, 2.75) is 12.3 Å². The summed E-state index contributed by atoms with van der Waals surface area (Å²) in [6, 6.07) is 5.34. The van der Waals surface area contributed by atoms with Gasteiger partial charge in [0.05, 0.1) is 0 Å². The monoisotopic (exact) mass is 164 g/mol. The van der Waals surface area contributed by atoms with Gasteiger partial charge in [0, 0.05) is 24.2 Å². The Morgan fingerprint density at radius 3 is 3.00 bits per heavy atom. The van der Waals surface area contributed by atoms with E-state index in [0.29, 0.717) is 5.92 Å². The van der Waals surface area contributed by atoms with Crippen molar-refractivity contribution in [1.29, 1.82) is 0 Å². The van der Waals surface area contributed by atoms with Crippen LogP contribution in [0.5, 0.6) is 0 Å². The Morgan fingerprint density at radius 1 is 1.42 bits per heavy atom. The number of nitrogens with one attached hydrogen (secondary N) is 2. The first kappa shape index (κ1) is 7.55. The fourth-order valence-electron chi connectivity index (χ4n) is 1.62. The quantitative estimate of drug-likeness (QED) is 0.633. The number of hydrogen-bond acceptors (Lipinski definition) is 2. The van der Waals surface area contributed by atoms with Gasteiger partial charge < -0.3 is 10.3 Å². The molecule has 0 aliphatic carbocycles. The molecular weight excluding hydrogens is 152 g/mol. The Labute approximate surface area is 70.8 Å². The number of pyridine rings is 1. The van der Waals surface area contributed by atoms with Crippen LogP contribution in [0.25, 0.3) is 0 Å². The predicted octanol–water partition coefficient (Wildman–Crippen LogP) is 0.452. The van der Waals surface area contributed by atoms with Gasteiger partial charge in [-0.2, -0.15) is 0 Å². The molecule has 0 unspecified atom stereocenters. The van der Waals surface area contributed by atoms with E-state index < -0.39 is 0 Å². The number of H-pyrrole nitrogens is 1. The summed E-state index contributed by atoms with van der Waals surface area (Å²) in [5, 5.41) is 3.27. The van der Waals surface area contributed by atoms with Crippen molar-refractivity contribution in [3.05, 3.63) is 34.2 Å². The fourth-order valence-corrected chi connectivity index (χ4v) is 1.62. The van der Waals surface area contributed by atoms with Crippen LogP contribution >= 0.6 is 0 Å². The third-order valence-electron chi connectivity index (χ3n) is 2.29. The predicted molar refractivity (Wildman–Crippen MR) is 47.3 cm³/mol. The normalized spacial score (nSPS) is 22.8. The first-order chi connectivity index (χ1) is 5.86. The average molecular weight is 164 g/mol. The molecule has 1 saturated heterocycles. The highest BCUT2D eigenvalue weighted by Crippen LogP contribution is 2.18. The van der Waals surface area contributed by atoms with Gasteiger partial charge in [0.2, 0.25) is 5.56 Å². The average Bonchev–Trinajstić information content (AvgIpc) is 2.56. The van der Waals surface area contributed by atoms with Crippen molar-refractivity contribution >= 4 is 0 Å². The van der Waals surface area contributed by atoms with Gasteiger partial charge in [-0.05, 0) is 19.0 Å². The van der Waals surface area contributed by atoms with Gasteiger partial charge in [0.15, 0.2) is 0 Å². The molecular formula is C9H12N2O. The van der Waals surface area contributed by atoms with Gasteiger partial charge in [-0.3, -0.25) is 4.79 Å². The van der Waals surface area contributed by atoms with Gasteiger partial charge in [-0.15, -0.1) is 0 Å². The lowest BCUT2D eigenvalue weighted by molar-refractivity contribution is 0.731. The van der Waals surface area contributed by atoms with Crippen molar-refractivity contribution in [3.8, 4) is 0 Å². The molecule has 0 amide bonds. The molecule has 0 spiro atoms. The minimum Gasteiger partial charge on any atom is -0.326 e. The van der Waals surface area contributed by atoms with Crippen LogP contribution in [0, 0.1) is 0 Å². The van der Waals surface area contributed by atoms with E-state index >= 15 is 0 Å². The number of aromatic nitrogens is 1. The Balaban J connectivity index is 2.27. The molecule has 0 aromatic carbocycles. The van der Waals surface area contributed by atoms with Crippen LogP contribution < -0.4 is 10.9 Å². The molecule has 0 saturated carbocycles. The highest BCUT2D eigenvalue weighted by atomic mass is 16.1. The summed E-state index contributed by atoms with van der Waals surface area (Å²) >= 11 is 0. The van der Waals surface area contributed by atoms with Crippen LogP contribution in [0.1, 0.15) is 18.0 Å². The minimum atomic E-state index is -0.000556. The first-order valence-electron chi connectivity index (χ1n) is 4.26. The summed E-state index contributed by atoms with van der Waals surface area (Å²) in [6.07, 6.45) is 1.12. The molecule has 1 aromatic heterocycles. The fraction of sp³-hybridized carbons (Fsp3) is 0.444. The van der Waals surface area contributed by atoms with Crippen LogP contribution in [0.15, 0.2) is 23.0 Å². The molecule has 2 N–H and O–H groups in total. The second-order valence-electron chi connectivity index (χ2n) is 3.16. The SMILES string of the molecule is O=c1cccc([C@@H]2CCNC2)[nH]1. The van der Waals surface area contributed by atoms with E-state index in [0.717, 1.165) is 25.2 Å². The zero-order valence-electron chi connectivity index (χ0n) is 6.84. The van der Waals surface area contributed by atoms with E-state index in [4.69, 9.17) is 0 Å². The summed E-state index contributed by atoms with van der Waals surface area (Å²) in [6.45, 7) is 2.04. The maximum atomic E-state index is 11.0. The van der Waals surface area contributed by atoms with Gasteiger partial charge in [0.25, 0.3) is 0 Å². The summed E-state index contributed by atoms with van der Waals surface area (Å²) in [5.74, 6) is 0.499. The maximum absolute atomic E-state index is 11.0. The van der Waals surface area contributed by atoms with E-state index in [-0.39, 0.29) is 5.56 Å². The molecule has 2 heterocycles. The molecule has 2 rings (SSSR count). The van der Waals surface area contributed by atoms with E-state index in [9.17, 15) is 4.79 Å². The molecule has 1 aromatic rings. The van der Waals surface area contributed by atoms with Crippen LogP contribution in [-0.4, -0.2) is 18.1 Å². The Bertz CT molecular complexity index is 312. The van der Waals surface area contributed by atoms with Crippen LogP contribution in [0.3, 0.4) is 0 Å². The van der Waals surface area contributed by atoms with Crippen molar-refractivity contribution in [3.63, 3.8) is 0 Å². The maximum Gasteiger partial charge on any atom is 0.248 e. The second kappa shape index (κ2) is 3.11. The molecule has 1 atom stereocenters.